The molecule has 1 fully saturated rings. The average Bonchev–Trinajstić information content (AvgIpc) is 2.77. The quantitative estimate of drug-likeness (QED) is 0.510. The molecular formula is C22H24FN3O4. The summed E-state index contributed by atoms with van der Waals surface area (Å²) in [4.78, 5) is 15.9. The maximum absolute atomic E-state index is 14.2. The van der Waals surface area contributed by atoms with Crippen LogP contribution in [-0.4, -0.2) is 58.1 Å². The zero-order chi connectivity index (χ0) is 21.5. The van der Waals surface area contributed by atoms with Crippen molar-refractivity contribution < 1.29 is 23.4 Å². The summed E-state index contributed by atoms with van der Waals surface area (Å²) in [5.74, 6) is -0.637. The van der Waals surface area contributed by atoms with E-state index in [-0.39, 0.29) is 12.4 Å². The number of carbonyl (C=O) groups is 1. The number of methoxy groups -OCH3 is 2. The molecule has 0 saturated carbocycles. The molecule has 0 N–H and O–H groups in total. The van der Waals surface area contributed by atoms with Gasteiger partial charge in [-0.15, -0.1) is 0 Å². The van der Waals surface area contributed by atoms with E-state index in [1.165, 1.54) is 19.2 Å². The highest BCUT2D eigenvalue weighted by atomic mass is 19.1. The number of nitriles is 1. The highest BCUT2D eigenvalue weighted by molar-refractivity contribution is 5.89. The minimum absolute atomic E-state index is 0.0597. The van der Waals surface area contributed by atoms with Crippen LogP contribution in [0.1, 0.15) is 21.5 Å². The van der Waals surface area contributed by atoms with E-state index >= 15 is 0 Å². The molecule has 8 heteroatoms. The highest BCUT2D eigenvalue weighted by Crippen LogP contribution is 2.30. The number of piperazine rings is 1. The first-order valence-corrected chi connectivity index (χ1v) is 9.55. The average molecular weight is 413 g/mol. The summed E-state index contributed by atoms with van der Waals surface area (Å²) in [6.07, 6.45) is 0. The lowest BCUT2D eigenvalue weighted by Gasteiger charge is -2.36. The van der Waals surface area contributed by atoms with Gasteiger partial charge in [0.1, 0.15) is 11.6 Å². The second-order valence-corrected chi connectivity index (χ2v) is 6.91. The molecule has 0 bridgehead atoms. The van der Waals surface area contributed by atoms with E-state index in [1.54, 1.807) is 25.3 Å². The van der Waals surface area contributed by atoms with Gasteiger partial charge >= 0.3 is 5.97 Å². The van der Waals surface area contributed by atoms with Crippen LogP contribution in [0, 0.1) is 17.1 Å². The second-order valence-electron chi connectivity index (χ2n) is 6.91. The SMILES string of the molecule is COCOc1cc(C#N)ccc1N1CCN(Cc2ccc(C(=O)OC)c(F)c2)CC1. The lowest BCUT2D eigenvalue weighted by molar-refractivity contribution is 0.0513. The first-order valence-electron chi connectivity index (χ1n) is 9.55. The minimum atomic E-state index is -0.679. The van der Waals surface area contributed by atoms with Crippen molar-refractivity contribution in [2.24, 2.45) is 0 Å². The molecule has 0 spiro atoms. The van der Waals surface area contributed by atoms with Crippen LogP contribution < -0.4 is 9.64 Å². The molecule has 0 atom stereocenters. The number of rotatable bonds is 7. The summed E-state index contributed by atoms with van der Waals surface area (Å²) in [6.45, 7) is 3.78. The van der Waals surface area contributed by atoms with Gasteiger partial charge in [0.25, 0.3) is 0 Å². The number of benzene rings is 2. The Kier molecular flexibility index (Phi) is 7.22. The van der Waals surface area contributed by atoms with Gasteiger partial charge in [-0.25, -0.2) is 9.18 Å². The summed E-state index contributed by atoms with van der Waals surface area (Å²) in [6, 6.07) is 12.1. The summed E-state index contributed by atoms with van der Waals surface area (Å²) in [5, 5.41) is 9.14. The molecule has 0 radical (unpaired) electrons. The zero-order valence-corrected chi connectivity index (χ0v) is 17.1. The van der Waals surface area contributed by atoms with E-state index in [1.807, 2.05) is 6.07 Å². The van der Waals surface area contributed by atoms with Gasteiger partial charge in [-0.2, -0.15) is 5.26 Å². The van der Waals surface area contributed by atoms with Crippen LogP contribution in [-0.2, 0) is 16.0 Å². The molecule has 1 aliphatic heterocycles. The van der Waals surface area contributed by atoms with Crippen LogP contribution in [0.2, 0.25) is 0 Å². The third kappa shape index (κ3) is 5.06. The molecule has 3 rings (SSSR count). The predicted octanol–water partition coefficient (Wildman–Crippen LogP) is 2.79. The Morgan fingerprint density at radius 2 is 1.90 bits per heavy atom. The molecular weight excluding hydrogens is 389 g/mol. The number of ether oxygens (including phenoxy) is 3. The van der Waals surface area contributed by atoms with Gasteiger partial charge in [-0.3, -0.25) is 4.90 Å². The molecule has 0 aromatic heterocycles. The van der Waals surface area contributed by atoms with Crippen molar-refractivity contribution in [2.75, 3.05) is 52.1 Å². The summed E-state index contributed by atoms with van der Waals surface area (Å²) >= 11 is 0. The third-order valence-corrected chi connectivity index (χ3v) is 4.98. The van der Waals surface area contributed by atoms with E-state index in [0.29, 0.717) is 17.9 Å². The molecule has 2 aromatic carbocycles. The van der Waals surface area contributed by atoms with E-state index in [0.717, 1.165) is 37.4 Å². The maximum atomic E-state index is 14.2. The summed E-state index contributed by atoms with van der Waals surface area (Å²) in [5.41, 5.74) is 2.19. The highest BCUT2D eigenvalue weighted by Gasteiger charge is 2.21. The van der Waals surface area contributed by atoms with Gasteiger partial charge in [0.15, 0.2) is 6.79 Å². The standard InChI is InChI=1S/C22H24FN3O4/c1-28-15-30-21-12-16(13-24)4-6-20(21)26-9-7-25(8-10-26)14-17-3-5-18(19(23)11-17)22(27)29-2/h3-6,11-12H,7-10,14-15H2,1-2H3. The van der Waals surface area contributed by atoms with Gasteiger partial charge in [0, 0.05) is 45.9 Å². The van der Waals surface area contributed by atoms with Gasteiger partial charge in [-0.1, -0.05) is 6.07 Å². The number of carbonyl (C=O) groups excluding carboxylic acids is 1. The molecule has 158 valence electrons. The molecule has 1 saturated heterocycles. The molecule has 2 aromatic rings. The Morgan fingerprint density at radius 1 is 1.13 bits per heavy atom. The Morgan fingerprint density at radius 3 is 2.53 bits per heavy atom. The number of esters is 1. The molecule has 0 aliphatic carbocycles. The first kappa shape index (κ1) is 21.6. The first-order chi connectivity index (χ1) is 14.5. The van der Waals surface area contributed by atoms with Crippen molar-refractivity contribution in [3.8, 4) is 11.8 Å². The van der Waals surface area contributed by atoms with Gasteiger partial charge in [0.2, 0.25) is 0 Å². The van der Waals surface area contributed by atoms with Crippen LogP contribution in [0.25, 0.3) is 0 Å². The van der Waals surface area contributed by atoms with Crippen LogP contribution >= 0.6 is 0 Å². The molecule has 0 unspecified atom stereocenters. The normalized spacial score (nSPS) is 14.3. The fraction of sp³-hybridized carbons (Fsp3) is 0.364. The van der Waals surface area contributed by atoms with Crippen molar-refractivity contribution in [1.82, 2.24) is 4.90 Å². The lowest BCUT2D eigenvalue weighted by Crippen LogP contribution is -2.46. The van der Waals surface area contributed by atoms with Crippen LogP contribution in [0.5, 0.6) is 5.75 Å². The summed E-state index contributed by atoms with van der Waals surface area (Å²) in [7, 11) is 2.78. The Balaban J connectivity index is 1.63. The molecule has 1 heterocycles. The largest absolute Gasteiger partial charge is 0.465 e. The third-order valence-electron chi connectivity index (χ3n) is 4.98. The molecule has 0 amide bonds. The molecule has 1 aliphatic rings. The fourth-order valence-electron chi connectivity index (χ4n) is 3.42. The number of anilines is 1. The van der Waals surface area contributed by atoms with Crippen LogP contribution in [0.4, 0.5) is 10.1 Å². The fourth-order valence-corrected chi connectivity index (χ4v) is 3.42. The van der Waals surface area contributed by atoms with Crippen molar-refractivity contribution in [3.63, 3.8) is 0 Å². The maximum Gasteiger partial charge on any atom is 0.340 e. The Labute approximate surface area is 175 Å². The van der Waals surface area contributed by atoms with Crippen LogP contribution in [0.3, 0.4) is 0 Å². The summed E-state index contributed by atoms with van der Waals surface area (Å²) < 4.78 is 29.4. The molecule has 30 heavy (non-hydrogen) atoms. The topological polar surface area (TPSA) is 75.0 Å². The van der Waals surface area contributed by atoms with Crippen molar-refractivity contribution in [1.29, 1.82) is 5.26 Å². The van der Waals surface area contributed by atoms with Crippen molar-refractivity contribution in [2.45, 2.75) is 6.54 Å². The van der Waals surface area contributed by atoms with Gasteiger partial charge in [0.05, 0.1) is 30.0 Å². The van der Waals surface area contributed by atoms with Gasteiger partial charge < -0.3 is 19.1 Å². The predicted molar refractivity (Wildman–Crippen MR) is 109 cm³/mol. The smallest absolute Gasteiger partial charge is 0.340 e. The number of hydrogen-bond acceptors (Lipinski definition) is 7. The monoisotopic (exact) mass is 413 g/mol. The Bertz CT molecular complexity index is 936. The second kappa shape index (κ2) is 10.1. The number of hydrogen-bond donors (Lipinski definition) is 0. The van der Waals surface area contributed by atoms with E-state index in [2.05, 4.69) is 20.6 Å². The van der Waals surface area contributed by atoms with E-state index < -0.39 is 11.8 Å². The van der Waals surface area contributed by atoms with Crippen molar-refractivity contribution >= 4 is 11.7 Å². The zero-order valence-electron chi connectivity index (χ0n) is 17.1. The number of halogens is 1. The number of nitrogens with zero attached hydrogens (tertiary/aromatic N) is 3. The lowest BCUT2D eigenvalue weighted by atomic mass is 10.1. The Hall–Kier alpha value is -3.15. The molecule has 7 nitrogen and oxygen atoms in total. The van der Waals surface area contributed by atoms with Gasteiger partial charge in [-0.05, 0) is 29.8 Å². The van der Waals surface area contributed by atoms with Crippen LogP contribution in [0.15, 0.2) is 36.4 Å². The minimum Gasteiger partial charge on any atom is -0.465 e. The van der Waals surface area contributed by atoms with E-state index in [9.17, 15) is 9.18 Å². The van der Waals surface area contributed by atoms with E-state index in [4.69, 9.17) is 14.7 Å². The van der Waals surface area contributed by atoms with Crippen molar-refractivity contribution in [3.05, 3.63) is 58.9 Å².